The van der Waals surface area contributed by atoms with Crippen LogP contribution in [0.5, 0.6) is 0 Å². The van der Waals surface area contributed by atoms with Gasteiger partial charge in [-0.3, -0.25) is 8.75 Å². The van der Waals surface area contributed by atoms with Gasteiger partial charge in [0.1, 0.15) is 18.5 Å². The SMILES string of the molecule is Cc1ccc(S(=O)(=O)O[C@@H]2[C@@H](O)[C@@H](CO)O[C@H]2n2c(Br)nc3c(N)ncnc32)cc1. The molecule has 3 aromatic rings. The molecule has 4 N–H and O–H groups in total. The van der Waals surface area contributed by atoms with Crippen LogP contribution >= 0.6 is 15.9 Å². The average molecular weight is 500 g/mol. The Hall–Kier alpha value is -2.16. The highest BCUT2D eigenvalue weighted by molar-refractivity contribution is 9.10. The van der Waals surface area contributed by atoms with Crippen molar-refractivity contribution in [1.29, 1.82) is 0 Å². The molecule has 1 aliphatic heterocycles. The van der Waals surface area contributed by atoms with Crippen molar-refractivity contribution in [3.05, 3.63) is 40.9 Å². The first-order valence-electron chi connectivity index (χ1n) is 8.81. The van der Waals surface area contributed by atoms with Crippen molar-refractivity contribution in [3.63, 3.8) is 0 Å². The Morgan fingerprint density at radius 1 is 1.30 bits per heavy atom. The van der Waals surface area contributed by atoms with Crippen molar-refractivity contribution >= 4 is 43.0 Å². The summed E-state index contributed by atoms with van der Waals surface area (Å²) < 4.78 is 38.3. The molecule has 1 aliphatic rings. The van der Waals surface area contributed by atoms with Crippen molar-refractivity contribution in [2.45, 2.75) is 36.4 Å². The van der Waals surface area contributed by atoms with E-state index in [-0.39, 0.29) is 26.6 Å². The fraction of sp³-hybridized carbons (Fsp3) is 0.353. The van der Waals surface area contributed by atoms with E-state index in [1.807, 2.05) is 6.92 Å². The monoisotopic (exact) mass is 499 g/mol. The zero-order valence-corrected chi connectivity index (χ0v) is 18.0. The average Bonchev–Trinajstić information content (AvgIpc) is 3.19. The molecule has 0 unspecified atom stereocenters. The zero-order valence-electron chi connectivity index (χ0n) is 15.6. The molecule has 1 saturated heterocycles. The Kier molecular flexibility index (Phi) is 5.50. The first-order chi connectivity index (χ1) is 14.2. The molecule has 4 rings (SSSR count). The molecule has 11 nitrogen and oxygen atoms in total. The molecule has 0 amide bonds. The van der Waals surface area contributed by atoms with Gasteiger partial charge in [0.2, 0.25) is 0 Å². The van der Waals surface area contributed by atoms with Crippen LogP contribution in [0.2, 0.25) is 0 Å². The number of halogens is 1. The van der Waals surface area contributed by atoms with Crippen molar-refractivity contribution in [2.75, 3.05) is 12.3 Å². The molecule has 1 aromatic carbocycles. The van der Waals surface area contributed by atoms with Crippen LogP contribution in [-0.4, -0.2) is 63.1 Å². The Balaban J connectivity index is 1.77. The first-order valence-corrected chi connectivity index (χ1v) is 11.0. The summed E-state index contributed by atoms with van der Waals surface area (Å²) in [6.07, 6.45) is -3.87. The number of rotatable bonds is 5. The van der Waals surface area contributed by atoms with Crippen LogP contribution in [0.15, 0.2) is 40.2 Å². The quantitative estimate of drug-likeness (QED) is 0.332. The summed E-state index contributed by atoms with van der Waals surface area (Å²) in [6, 6.07) is 6.07. The minimum absolute atomic E-state index is 0.0763. The van der Waals surface area contributed by atoms with Crippen LogP contribution < -0.4 is 5.73 Å². The minimum atomic E-state index is -4.25. The first kappa shape index (κ1) is 21.1. The molecule has 0 aliphatic carbocycles. The van der Waals surface area contributed by atoms with Gasteiger partial charge in [-0.25, -0.2) is 15.0 Å². The highest BCUT2D eigenvalue weighted by Crippen LogP contribution is 2.38. The number of nitrogen functional groups attached to an aromatic ring is 1. The largest absolute Gasteiger partial charge is 0.394 e. The Labute approximate surface area is 179 Å². The van der Waals surface area contributed by atoms with E-state index in [2.05, 4.69) is 30.9 Å². The van der Waals surface area contributed by atoms with E-state index in [9.17, 15) is 18.6 Å². The number of ether oxygens (including phenoxy) is 1. The number of aryl methyl sites for hydroxylation is 1. The number of aromatic nitrogens is 4. The number of benzene rings is 1. The number of fused-ring (bicyclic) bond motifs is 1. The molecule has 160 valence electrons. The van der Waals surface area contributed by atoms with Gasteiger partial charge in [-0.1, -0.05) is 17.7 Å². The maximum Gasteiger partial charge on any atom is 0.297 e. The van der Waals surface area contributed by atoms with E-state index in [0.717, 1.165) is 5.56 Å². The van der Waals surface area contributed by atoms with Crippen molar-refractivity contribution in [1.82, 2.24) is 19.5 Å². The third kappa shape index (κ3) is 3.57. The van der Waals surface area contributed by atoms with Crippen LogP contribution in [0.1, 0.15) is 11.8 Å². The minimum Gasteiger partial charge on any atom is -0.394 e. The fourth-order valence-electron chi connectivity index (χ4n) is 3.21. The van der Waals surface area contributed by atoms with Crippen LogP contribution in [0, 0.1) is 6.92 Å². The van der Waals surface area contributed by atoms with E-state index in [1.165, 1.54) is 23.0 Å². The second-order valence-electron chi connectivity index (χ2n) is 6.75. The smallest absolute Gasteiger partial charge is 0.297 e. The summed E-state index contributed by atoms with van der Waals surface area (Å²) in [5, 5.41) is 20.2. The van der Waals surface area contributed by atoms with E-state index >= 15 is 0 Å². The lowest BCUT2D eigenvalue weighted by Crippen LogP contribution is -2.37. The van der Waals surface area contributed by atoms with E-state index < -0.39 is 41.3 Å². The van der Waals surface area contributed by atoms with Crippen LogP contribution in [0.25, 0.3) is 11.2 Å². The number of nitrogens with two attached hydrogens (primary N) is 1. The number of hydrogen-bond acceptors (Lipinski definition) is 10. The summed E-state index contributed by atoms with van der Waals surface area (Å²) in [7, 11) is -4.25. The van der Waals surface area contributed by atoms with Gasteiger partial charge in [0.25, 0.3) is 10.1 Å². The van der Waals surface area contributed by atoms with Crippen LogP contribution in [0.4, 0.5) is 5.82 Å². The van der Waals surface area contributed by atoms with E-state index in [0.29, 0.717) is 0 Å². The Bertz CT molecular complexity index is 1190. The third-order valence-corrected chi connectivity index (χ3v) is 6.64. The molecule has 3 heterocycles. The molecular weight excluding hydrogens is 482 g/mol. The summed E-state index contributed by atoms with van der Waals surface area (Å²) in [4.78, 5) is 12.2. The number of nitrogens with zero attached hydrogens (tertiary/aromatic N) is 4. The number of aliphatic hydroxyl groups is 2. The third-order valence-electron chi connectivity index (χ3n) is 4.76. The number of aliphatic hydroxyl groups excluding tert-OH is 2. The van der Waals surface area contributed by atoms with Crippen molar-refractivity contribution in [3.8, 4) is 0 Å². The second kappa shape index (κ2) is 7.83. The highest BCUT2D eigenvalue weighted by atomic mass is 79.9. The van der Waals surface area contributed by atoms with Crippen molar-refractivity contribution in [2.24, 2.45) is 0 Å². The topological polar surface area (TPSA) is 163 Å². The molecule has 30 heavy (non-hydrogen) atoms. The summed E-state index contributed by atoms with van der Waals surface area (Å²) in [5.74, 6) is 0.112. The van der Waals surface area contributed by atoms with Gasteiger partial charge in [-0.2, -0.15) is 8.42 Å². The molecule has 13 heteroatoms. The van der Waals surface area contributed by atoms with Gasteiger partial charge in [0.05, 0.1) is 11.5 Å². The van der Waals surface area contributed by atoms with E-state index in [1.54, 1.807) is 12.1 Å². The van der Waals surface area contributed by atoms with E-state index in [4.69, 9.17) is 14.7 Å². The molecule has 0 radical (unpaired) electrons. The molecule has 4 atom stereocenters. The maximum atomic E-state index is 12.8. The lowest BCUT2D eigenvalue weighted by molar-refractivity contribution is -0.0492. The zero-order chi connectivity index (χ0) is 21.6. The van der Waals surface area contributed by atoms with Gasteiger partial charge in [-0.05, 0) is 35.0 Å². The summed E-state index contributed by atoms with van der Waals surface area (Å²) >= 11 is 3.27. The summed E-state index contributed by atoms with van der Waals surface area (Å²) in [6.45, 7) is 1.27. The Morgan fingerprint density at radius 2 is 2.00 bits per heavy atom. The van der Waals surface area contributed by atoms with Crippen LogP contribution in [0.3, 0.4) is 0 Å². The van der Waals surface area contributed by atoms with Gasteiger partial charge in [0, 0.05) is 0 Å². The van der Waals surface area contributed by atoms with Gasteiger partial charge in [-0.15, -0.1) is 0 Å². The molecule has 0 spiro atoms. The Morgan fingerprint density at radius 3 is 2.67 bits per heavy atom. The molecule has 0 bridgehead atoms. The molecule has 1 fully saturated rings. The van der Waals surface area contributed by atoms with Gasteiger partial charge in [0.15, 0.2) is 34.0 Å². The number of imidazole rings is 1. The molecule has 0 saturated carbocycles. The molecular formula is C17H18BrN5O6S. The summed E-state index contributed by atoms with van der Waals surface area (Å²) in [5.41, 5.74) is 7.22. The van der Waals surface area contributed by atoms with Gasteiger partial charge < -0.3 is 20.7 Å². The fourth-order valence-corrected chi connectivity index (χ4v) is 4.84. The lowest BCUT2D eigenvalue weighted by atomic mass is 10.1. The number of hydrogen-bond donors (Lipinski definition) is 3. The molecule has 2 aromatic heterocycles. The normalized spacial score (nSPS) is 24.5. The second-order valence-corrected chi connectivity index (χ2v) is 9.03. The predicted molar refractivity (Wildman–Crippen MR) is 108 cm³/mol. The maximum absolute atomic E-state index is 12.8. The lowest BCUT2D eigenvalue weighted by Gasteiger charge is -2.22. The van der Waals surface area contributed by atoms with Crippen LogP contribution in [-0.2, 0) is 19.0 Å². The standard InChI is InChI=1S/C17H18BrN5O6S/c1-8-2-4-9(5-3-8)30(26,27)29-13-12(25)10(6-24)28-16(13)23-15-11(22-17(23)18)14(19)20-7-21-15/h2-5,7,10,12-13,16,24-25H,6H2,1H3,(H2,19,20,21)/t10-,12+,13-,16-/m1/s1. The van der Waals surface area contributed by atoms with Gasteiger partial charge >= 0.3 is 0 Å². The van der Waals surface area contributed by atoms with Crippen molar-refractivity contribution < 1.29 is 27.6 Å². The number of anilines is 1. The predicted octanol–water partition coefficient (Wildman–Crippen LogP) is 0.504. The highest BCUT2D eigenvalue weighted by Gasteiger charge is 2.49.